The Kier molecular flexibility index (Phi) is 4.62. The Labute approximate surface area is 99.0 Å². The average Bonchev–Trinajstić information content (AvgIpc) is 2.20. The van der Waals surface area contributed by atoms with E-state index in [-0.39, 0.29) is 29.9 Å². The molecule has 1 N–H and O–H groups in total. The third-order valence-corrected chi connectivity index (χ3v) is 3.84. The molecule has 0 amide bonds. The van der Waals surface area contributed by atoms with E-state index in [9.17, 15) is 17.6 Å². The van der Waals surface area contributed by atoms with Crippen LogP contribution in [0.25, 0.3) is 0 Å². The van der Waals surface area contributed by atoms with Gasteiger partial charge in [0, 0.05) is 12.0 Å². The van der Waals surface area contributed by atoms with Crippen LogP contribution >= 0.6 is 0 Å². The van der Waals surface area contributed by atoms with Crippen molar-refractivity contribution in [3.63, 3.8) is 0 Å². The predicted octanol–water partition coefficient (Wildman–Crippen LogP) is 1.61. The molecule has 0 atom stereocenters. The van der Waals surface area contributed by atoms with E-state index in [1.54, 1.807) is 6.07 Å². The largest absolute Gasteiger partial charge is 0.481 e. The Hall–Kier alpha value is -1.43. The molecule has 4 nitrogen and oxygen atoms in total. The monoisotopic (exact) mass is 260 g/mol. The molecule has 0 saturated carbocycles. The summed E-state index contributed by atoms with van der Waals surface area (Å²) in [7, 11) is -3.46. The molecule has 0 aliphatic carbocycles. The van der Waals surface area contributed by atoms with Crippen LogP contribution in [0.4, 0.5) is 4.39 Å². The van der Waals surface area contributed by atoms with Crippen molar-refractivity contribution in [2.75, 3.05) is 5.75 Å². The maximum Gasteiger partial charge on any atom is 0.303 e. The molecule has 1 aromatic rings. The minimum atomic E-state index is -3.46. The minimum absolute atomic E-state index is 0.0477. The Morgan fingerprint density at radius 3 is 2.53 bits per heavy atom. The second-order valence-electron chi connectivity index (χ2n) is 3.68. The summed E-state index contributed by atoms with van der Waals surface area (Å²) in [5.74, 6) is -2.23. The molecule has 0 radical (unpaired) electrons. The third-order valence-electron chi connectivity index (χ3n) is 2.18. The first-order valence-corrected chi connectivity index (χ1v) is 6.88. The molecule has 0 aliphatic rings. The van der Waals surface area contributed by atoms with Gasteiger partial charge in [0.05, 0.1) is 11.5 Å². The van der Waals surface area contributed by atoms with Crippen LogP contribution in [0, 0.1) is 5.82 Å². The van der Waals surface area contributed by atoms with Gasteiger partial charge in [-0.1, -0.05) is 18.2 Å². The lowest BCUT2D eigenvalue weighted by molar-refractivity contribution is -0.137. The van der Waals surface area contributed by atoms with Crippen LogP contribution in [-0.2, 0) is 20.4 Å². The van der Waals surface area contributed by atoms with Crippen LogP contribution in [0.3, 0.4) is 0 Å². The standard InChI is InChI=1S/C11H13FO4S/c12-10-5-2-1-4-9(10)8-17(15,16)7-3-6-11(13)14/h1-2,4-5H,3,6-8H2,(H,13,14). The van der Waals surface area contributed by atoms with Crippen LogP contribution in [0.1, 0.15) is 18.4 Å². The Bertz CT molecular complexity index is 496. The third kappa shape index (κ3) is 4.95. The fraction of sp³-hybridized carbons (Fsp3) is 0.364. The zero-order valence-corrected chi connectivity index (χ0v) is 9.91. The Morgan fingerprint density at radius 1 is 1.29 bits per heavy atom. The van der Waals surface area contributed by atoms with Gasteiger partial charge in [0.1, 0.15) is 5.82 Å². The molecule has 0 unspecified atom stereocenters. The number of halogens is 1. The normalized spacial score (nSPS) is 11.4. The SMILES string of the molecule is O=C(O)CCCS(=O)(=O)Cc1ccccc1F. The molecule has 0 aromatic heterocycles. The molecular weight excluding hydrogens is 247 g/mol. The van der Waals surface area contributed by atoms with Crippen molar-refractivity contribution < 1.29 is 22.7 Å². The molecule has 0 aliphatic heterocycles. The number of carboxylic acid groups (broad SMARTS) is 1. The van der Waals surface area contributed by atoms with Gasteiger partial charge in [-0.25, -0.2) is 12.8 Å². The highest BCUT2D eigenvalue weighted by Gasteiger charge is 2.14. The molecule has 17 heavy (non-hydrogen) atoms. The summed E-state index contributed by atoms with van der Waals surface area (Å²) in [5, 5.41) is 8.39. The number of aliphatic carboxylic acids is 1. The van der Waals surface area contributed by atoms with E-state index in [0.29, 0.717) is 0 Å². The fourth-order valence-corrected chi connectivity index (χ4v) is 2.80. The summed E-state index contributed by atoms with van der Waals surface area (Å²) in [4.78, 5) is 10.2. The summed E-state index contributed by atoms with van der Waals surface area (Å²) in [6, 6.07) is 5.65. The van der Waals surface area contributed by atoms with E-state index < -0.39 is 21.6 Å². The summed E-state index contributed by atoms with van der Waals surface area (Å²) < 4.78 is 36.4. The van der Waals surface area contributed by atoms with Crippen LogP contribution in [0.15, 0.2) is 24.3 Å². The quantitative estimate of drug-likeness (QED) is 0.843. The summed E-state index contributed by atoms with van der Waals surface area (Å²) in [6.07, 6.45) is -0.150. The van der Waals surface area contributed by atoms with Crippen molar-refractivity contribution in [3.8, 4) is 0 Å². The molecule has 1 aromatic carbocycles. The van der Waals surface area contributed by atoms with Gasteiger partial charge in [-0.3, -0.25) is 4.79 Å². The van der Waals surface area contributed by atoms with E-state index in [4.69, 9.17) is 5.11 Å². The number of carbonyl (C=O) groups is 1. The minimum Gasteiger partial charge on any atom is -0.481 e. The molecule has 0 bridgehead atoms. The average molecular weight is 260 g/mol. The van der Waals surface area contributed by atoms with Crippen molar-refractivity contribution in [2.45, 2.75) is 18.6 Å². The summed E-state index contributed by atoms with van der Waals surface area (Å²) in [5.41, 5.74) is 0.114. The predicted molar refractivity (Wildman–Crippen MR) is 60.8 cm³/mol. The van der Waals surface area contributed by atoms with Gasteiger partial charge < -0.3 is 5.11 Å². The Balaban J connectivity index is 2.61. The zero-order chi connectivity index (χ0) is 12.9. The number of hydrogen-bond acceptors (Lipinski definition) is 3. The number of sulfone groups is 1. The van der Waals surface area contributed by atoms with Gasteiger partial charge in [0.25, 0.3) is 0 Å². The van der Waals surface area contributed by atoms with E-state index >= 15 is 0 Å². The molecular formula is C11H13FO4S. The highest BCUT2D eigenvalue weighted by atomic mass is 32.2. The van der Waals surface area contributed by atoms with E-state index in [1.165, 1.54) is 18.2 Å². The molecule has 0 fully saturated rings. The van der Waals surface area contributed by atoms with Gasteiger partial charge in [-0.2, -0.15) is 0 Å². The lowest BCUT2D eigenvalue weighted by Crippen LogP contribution is -2.11. The molecule has 6 heteroatoms. The first-order chi connectivity index (χ1) is 7.91. The molecule has 94 valence electrons. The van der Waals surface area contributed by atoms with Gasteiger partial charge in [-0.15, -0.1) is 0 Å². The van der Waals surface area contributed by atoms with Gasteiger partial charge in [-0.05, 0) is 12.5 Å². The van der Waals surface area contributed by atoms with E-state index in [2.05, 4.69) is 0 Å². The maximum atomic E-state index is 13.2. The van der Waals surface area contributed by atoms with Crippen LogP contribution < -0.4 is 0 Å². The van der Waals surface area contributed by atoms with E-state index in [0.717, 1.165) is 0 Å². The lowest BCUT2D eigenvalue weighted by atomic mass is 10.2. The highest BCUT2D eigenvalue weighted by Crippen LogP contribution is 2.12. The highest BCUT2D eigenvalue weighted by molar-refractivity contribution is 7.90. The van der Waals surface area contributed by atoms with E-state index in [1.807, 2.05) is 0 Å². The Morgan fingerprint density at radius 2 is 1.94 bits per heavy atom. The van der Waals surface area contributed by atoms with Crippen molar-refractivity contribution in [1.82, 2.24) is 0 Å². The van der Waals surface area contributed by atoms with Gasteiger partial charge in [0.15, 0.2) is 9.84 Å². The number of carboxylic acids is 1. The van der Waals surface area contributed by atoms with Crippen LogP contribution in [-0.4, -0.2) is 25.2 Å². The van der Waals surface area contributed by atoms with Crippen LogP contribution in [0.5, 0.6) is 0 Å². The number of rotatable bonds is 6. The smallest absolute Gasteiger partial charge is 0.303 e. The van der Waals surface area contributed by atoms with Crippen molar-refractivity contribution in [2.24, 2.45) is 0 Å². The lowest BCUT2D eigenvalue weighted by Gasteiger charge is -2.04. The second-order valence-corrected chi connectivity index (χ2v) is 5.86. The first kappa shape index (κ1) is 13.6. The summed E-state index contributed by atoms with van der Waals surface area (Å²) in [6.45, 7) is 0. The molecule has 1 rings (SSSR count). The topological polar surface area (TPSA) is 71.4 Å². The molecule has 0 spiro atoms. The number of hydrogen-bond donors (Lipinski definition) is 1. The van der Waals surface area contributed by atoms with Crippen molar-refractivity contribution in [3.05, 3.63) is 35.6 Å². The number of benzene rings is 1. The van der Waals surface area contributed by atoms with Crippen LogP contribution in [0.2, 0.25) is 0 Å². The molecule has 0 heterocycles. The zero-order valence-electron chi connectivity index (χ0n) is 9.10. The van der Waals surface area contributed by atoms with Crippen molar-refractivity contribution >= 4 is 15.8 Å². The first-order valence-electron chi connectivity index (χ1n) is 5.06. The molecule has 0 saturated heterocycles. The van der Waals surface area contributed by atoms with Gasteiger partial charge in [0.2, 0.25) is 0 Å². The maximum absolute atomic E-state index is 13.2. The van der Waals surface area contributed by atoms with Gasteiger partial charge >= 0.3 is 5.97 Å². The second kappa shape index (κ2) is 5.77. The van der Waals surface area contributed by atoms with Crippen molar-refractivity contribution in [1.29, 1.82) is 0 Å². The summed E-state index contributed by atoms with van der Waals surface area (Å²) >= 11 is 0. The fourth-order valence-electron chi connectivity index (χ4n) is 1.37.